The molecule has 0 saturated carbocycles. The highest BCUT2D eigenvalue weighted by molar-refractivity contribution is 7.85. The molecule has 0 fully saturated rings. The number of Topliss-reactive ketones (excluding diaryl/α,β-unsaturated/α-hetero) is 1. The van der Waals surface area contributed by atoms with E-state index in [0.717, 1.165) is 12.8 Å². The molecule has 0 saturated heterocycles. The lowest BCUT2D eigenvalue weighted by atomic mass is 10.1. The minimum Gasteiger partial charge on any atom is -0.392 e. The molecule has 3 N–H and O–H groups in total. The molecule has 1 atom stereocenters. The minimum atomic E-state index is -4.29. The summed E-state index contributed by atoms with van der Waals surface area (Å²) in [4.78, 5) is 14.5. The summed E-state index contributed by atoms with van der Waals surface area (Å²) in [6, 6.07) is 0. The Labute approximate surface area is 168 Å². The average Bonchev–Trinajstić information content (AvgIpc) is 2.98. The van der Waals surface area contributed by atoms with Gasteiger partial charge in [-0.3, -0.25) is 18.8 Å². The van der Waals surface area contributed by atoms with Crippen LogP contribution in [0, 0.1) is 0 Å². The fourth-order valence-corrected chi connectivity index (χ4v) is 3.91. The number of allylic oxidation sites excluding steroid dienone is 2. The average molecular weight is 420 g/mol. The van der Waals surface area contributed by atoms with E-state index in [1.54, 1.807) is 9.48 Å². The van der Waals surface area contributed by atoms with E-state index in [2.05, 4.69) is 13.0 Å². The Hall–Kier alpha value is -1.29. The molecule has 0 aromatic rings. The third-order valence-electron chi connectivity index (χ3n) is 4.62. The van der Waals surface area contributed by atoms with Gasteiger partial charge in [0.05, 0.1) is 6.61 Å². The van der Waals surface area contributed by atoms with Gasteiger partial charge in [0.1, 0.15) is 38.0 Å². The van der Waals surface area contributed by atoms with Crippen LogP contribution in [0.2, 0.25) is 0 Å². The predicted octanol–water partition coefficient (Wildman–Crippen LogP) is 0.830. The number of β-amino-alcohol motifs (C(OH)–C–C–N with tert-alkyl or cyclic N) is 2. The Morgan fingerprint density at radius 3 is 2.61 bits per heavy atom. The molecule has 1 unspecified atom stereocenters. The molecule has 162 valence electrons. The molecule has 0 aliphatic carbocycles. The van der Waals surface area contributed by atoms with Gasteiger partial charge >= 0.3 is 5.84 Å². The molecule has 1 heterocycles. The summed E-state index contributed by atoms with van der Waals surface area (Å²) >= 11 is 0. The van der Waals surface area contributed by atoms with Crippen LogP contribution >= 0.6 is 0 Å². The maximum absolute atomic E-state index is 12.7. The maximum atomic E-state index is 12.7. The van der Waals surface area contributed by atoms with Crippen LogP contribution < -0.4 is 0 Å². The quantitative estimate of drug-likeness (QED) is 0.156. The van der Waals surface area contributed by atoms with E-state index in [4.69, 9.17) is 4.55 Å². The van der Waals surface area contributed by atoms with Gasteiger partial charge in [-0.05, 0) is 19.3 Å². The Balaban J connectivity index is 2.64. The first kappa shape index (κ1) is 24.7. The van der Waals surface area contributed by atoms with Gasteiger partial charge in [0.25, 0.3) is 10.1 Å². The van der Waals surface area contributed by atoms with Crippen molar-refractivity contribution in [2.75, 3.05) is 38.5 Å². The SMILES string of the molecule is CCCCCC/C=C/CCC(=O)C1=[N+](CC(O)CS(=O)(=O)O)CCN1CCO. The number of hydrogen-bond donors (Lipinski definition) is 3. The molecule has 1 aliphatic heterocycles. The molecule has 1 aliphatic rings. The molecule has 28 heavy (non-hydrogen) atoms. The second-order valence-electron chi connectivity index (χ2n) is 7.17. The minimum absolute atomic E-state index is 0.0595. The summed E-state index contributed by atoms with van der Waals surface area (Å²) in [5.74, 6) is -0.466. The van der Waals surface area contributed by atoms with Crippen LogP contribution in [0.4, 0.5) is 0 Å². The van der Waals surface area contributed by atoms with E-state index in [0.29, 0.717) is 38.3 Å². The topological polar surface area (TPSA) is 118 Å². The van der Waals surface area contributed by atoms with E-state index >= 15 is 0 Å². The van der Waals surface area contributed by atoms with Crippen molar-refractivity contribution in [1.29, 1.82) is 0 Å². The Morgan fingerprint density at radius 1 is 1.25 bits per heavy atom. The second-order valence-corrected chi connectivity index (χ2v) is 8.66. The number of carbonyl (C=O) groups is 1. The standard InChI is InChI=1S/C19H34N2O6S/c1-2-3-4-5-6-7-8-9-10-18(24)19-20(13-14-22)11-12-21(19)15-17(23)16-28(25,26)27/h7-8,17,22-23H,2-6,9-16H2,1H3/p+1/b8-7+. The van der Waals surface area contributed by atoms with Crippen LogP contribution in [-0.4, -0.2) is 88.9 Å². The number of aliphatic hydroxyl groups excluding tert-OH is 2. The first-order valence-corrected chi connectivity index (χ1v) is 11.7. The molecule has 0 radical (unpaired) electrons. The molecule has 0 aromatic heterocycles. The van der Waals surface area contributed by atoms with Crippen molar-refractivity contribution >= 4 is 21.7 Å². The number of nitrogens with zero attached hydrogens (tertiary/aromatic N) is 2. The monoisotopic (exact) mass is 419 g/mol. The van der Waals surface area contributed by atoms with Crippen LogP contribution in [0.5, 0.6) is 0 Å². The Bertz CT molecular complexity index is 645. The zero-order valence-corrected chi connectivity index (χ0v) is 17.6. The van der Waals surface area contributed by atoms with E-state index in [1.807, 2.05) is 6.08 Å². The molecular weight excluding hydrogens is 384 g/mol. The summed E-state index contributed by atoms with van der Waals surface area (Å²) in [6.07, 6.45) is 9.56. The molecule has 0 amide bonds. The van der Waals surface area contributed by atoms with Crippen molar-refractivity contribution in [3.05, 3.63) is 12.2 Å². The predicted molar refractivity (Wildman–Crippen MR) is 108 cm³/mol. The molecule has 1 rings (SSSR count). The van der Waals surface area contributed by atoms with Crippen LogP contribution in [0.3, 0.4) is 0 Å². The summed E-state index contributed by atoms with van der Waals surface area (Å²) in [5.41, 5.74) is 0. The third kappa shape index (κ3) is 9.77. The first-order chi connectivity index (χ1) is 13.3. The van der Waals surface area contributed by atoms with Gasteiger partial charge in [0, 0.05) is 6.42 Å². The lowest BCUT2D eigenvalue weighted by Gasteiger charge is -2.12. The van der Waals surface area contributed by atoms with Gasteiger partial charge in [0.2, 0.25) is 5.78 Å². The summed E-state index contributed by atoms with van der Waals surface area (Å²) in [6.45, 7) is 3.29. The fourth-order valence-electron chi connectivity index (χ4n) is 3.32. The van der Waals surface area contributed by atoms with Gasteiger partial charge in [0.15, 0.2) is 0 Å². The molecular formula is C19H35N2O6S+. The number of amidine groups is 1. The van der Waals surface area contributed by atoms with Gasteiger partial charge in [-0.15, -0.1) is 0 Å². The highest BCUT2D eigenvalue weighted by Crippen LogP contribution is 2.09. The normalized spacial score (nSPS) is 16.4. The fraction of sp³-hybridized carbons (Fsp3) is 0.789. The van der Waals surface area contributed by atoms with Gasteiger partial charge in [-0.1, -0.05) is 38.3 Å². The zero-order chi connectivity index (χ0) is 21.0. The van der Waals surface area contributed by atoms with Crippen molar-refractivity contribution in [2.24, 2.45) is 0 Å². The van der Waals surface area contributed by atoms with E-state index in [9.17, 15) is 23.4 Å². The number of carbonyl (C=O) groups excluding carboxylic acids is 1. The third-order valence-corrected chi connectivity index (χ3v) is 5.43. The van der Waals surface area contributed by atoms with Crippen molar-refractivity contribution in [3.63, 3.8) is 0 Å². The van der Waals surface area contributed by atoms with Gasteiger partial charge in [-0.2, -0.15) is 8.42 Å². The largest absolute Gasteiger partial charge is 0.392 e. The summed E-state index contributed by atoms with van der Waals surface area (Å²) in [5, 5.41) is 19.1. The Kier molecular flexibility index (Phi) is 11.5. The first-order valence-electron chi connectivity index (χ1n) is 10.1. The molecule has 9 heteroatoms. The number of ketones is 1. The van der Waals surface area contributed by atoms with Crippen LogP contribution in [0.15, 0.2) is 12.2 Å². The van der Waals surface area contributed by atoms with Crippen molar-refractivity contribution < 1.29 is 32.6 Å². The van der Waals surface area contributed by atoms with Gasteiger partial charge in [-0.25, -0.2) is 0 Å². The lowest BCUT2D eigenvalue weighted by Crippen LogP contribution is -2.40. The van der Waals surface area contributed by atoms with Crippen LogP contribution in [0.25, 0.3) is 0 Å². The number of hydrogen-bond acceptors (Lipinski definition) is 6. The molecule has 0 spiro atoms. The number of unbranched alkanes of at least 4 members (excludes halogenated alkanes) is 4. The number of rotatable bonds is 15. The van der Waals surface area contributed by atoms with E-state index < -0.39 is 22.0 Å². The van der Waals surface area contributed by atoms with E-state index in [-0.39, 0.29) is 18.9 Å². The van der Waals surface area contributed by atoms with Crippen molar-refractivity contribution in [1.82, 2.24) is 4.90 Å². The summed E-state index contributed by atoms with van der Waals surface area (Å²) < 4.78 is 32.4. The highest BCUT2D eigenvalue weighted by atomic mass is 32.2. The number of aliphatic hydroxyl groups is 2. The molecule has 0 aromatic carbocycles. The summed E-state index contributed by atoms with van der Waals surface area (Å²) in [7, 11) is -4.29. The second kappa shape index (κ2) is 13.0. The van der Waals surface area contributed by atoms with Crippen molar-refractivity contribution in [2.45, 2.75) is 58.0 Å². The van der Waals surface area contributed by atoms with Crippen LogP contribution in [0.1, 0.15) is 51.9 Å². The molecule has 8 nitrogen and oxygen atoms in total. The zero-order valence-electron chi connectivity index (χ0n) is 16.8. The highest BCUT2D eigenvalue weighted by Gasteiger charge is 2.36. The smallest absolute Gasteiger partial charge is 0.316 e. The molecule has 0 bridgehead atoms. The van der Waals surface area contributed by atoms with Crippen LogP contribution in [-0.2, 0) is 14.9 Å². The Morgan fingerprint density at radius 2 is 1.96 bits per heavy atom. The lowest BCUT2D eigenvalue weighted by molar-refractivity contribution is -0.525. The van der Waals surface area contributed by atoms with Gasteiger partial charge < -0.3 is 10.2 Å². The van der Waals surface area contributed by atoms with E-state index in [1.165, 1.54) is 19.3 Å². The maximum Gasteiger partial charge on any atom is 0.316 e. The van der Waals surface area contributed by atoms with Crippen molar-refractivity contribution in [3.8, 4) is 0 Å².